The topological polar surface area (TPSA) is 29.1 Å². The SMILES string of the molecule is CSCC(C)CNC(=O)c1ccc(F)c(S)c1. The quantitative estimate of drug-likeness (QED) is 0.808. The highest BCUT2D eigenvalue weighted by molar-refractivity contribution is 7.98. The second-order valence-electron chi connectivity index (χ2n) is 3.94. The second kappa shape index (κ2) is 6.91. The molecule has 5 heteroatoms. The first-order valence-corrected chi connectivity index (χ1v) is 7.14. The standard InChI is InChI=1S/C12H16FNOS2/c1-8(7-17-2)6-14-12(15)9-3-4-10(13)11(16)5-9/h3-5,8,16H,6-7H2,1-2H3,(H,14,15). The lowest BCUT2D eigenvalue weighted by Gasteiger charge is -2.11. The summed E-state index contributed by atoms with van der Waals surface area (Å²) in [5, 5.41) is 2.82. The molecule has 0 heterocycles. The molecule has 1 atom stereocenters. The summed E-state index contributed by atoms with van der Waals surface area (Å²) in [5.74, 6) is 0.820. The summed E-state index contributed by atoms with van der Waals surface area (Å²) >= 11 is 5.69. The van der Waals surface area contributed by atoms with Gasteiger partial charge in [-0.05, 0) is 36.1 Å². The molecule has 0 spiro atoms. The highest BCUT2D eigenvalue weighted by Gasteiger charge is 2.09. The third-order valence-electron chi connectivity index (χ3n) is 2.27. The van der Waals surface area contributed by atoms with Crippen LogP contribution in [0.25, 0.3) is 0 Å². The van der Waals surface area contributed by atoms with Gasteiger partial charge in [0.15, 0.2) is 0 Å². The normalized spacial score (nSPS) is 12.2. The molecule has 2 nitrogen and oxygen atoms in total. The van der Waals surface area contributed by atoms with Crippen molar-refractivity contribution in [3.63, 3.8) is 0 Å². The molecule has 1 N–H and O–H groups in total. The van der Waals surface area contributed by atoms with E-state index in [1.54, 1.807) is 11.8 Å². The zero-order valence-electron chi connectivity index (χ0n) is 9.87. The molecule has 0 radical (unpaired) electrons. The van der Waals surface area contributed by atoms with E-state index in [1.807, 2.05) is 6.26 Å². The minimum absolute atomic E-state index is 0.187. The van der Waals surface area contributed by atoms with Gasteiger partial charge in [-0.2, -0.15) is 11.8 Å². The predicted molar refractivity (Wildman–Crippen MR) is 73.5 cm³/mol. The first-order valence-electron chi connectivity index (χ1n) is 5.30. The molecule has 0 bridgehead atoms. The Morgan fingerprint density at radius 3 is 2.88 bits per heavy atom. The summed E-state index contributed by atoms with van der Waals surface area (Å²) in [6, 6.07) is 4.15. The van der Waals surface area contributed by atoms with Crippen LogP contribution in [0.15, 0.2) is 23.1 Å². The van der Waals surface area contributed by atoms with Crippen molar-refractivity contribution >= 4 is 30.3 Å². The van der Waals surface area contributed by atoms with Gasteiger partial charge in [-0.3, -0.25) is 4.79 Å². The Labute approximate surface area is 111 Å². The van der Waals surface area contributed by atoms with E-state index in [-0.39, 0.29) is 10.8 Å². The monoisotopic (exact) mass is 273 g/mol. The van der Waals surface area contributed by atoms with Crippen molar-refractivity contribution < 1.29 is 9.18 Å². The van der Waals surface area contributed by atoms with Crippen molar-refractivity contribution in [1.82, 2.24) is 5.32 Å². The molecule has 17 heavy (non-hydrogen) atoms. The van der Waals surface area contributed by atoms with Crippen molar-refractivity contribution in [3.8, 4) is 0 Å². The Morgan fingerprint density at radius 2 is 2.29 bits per heavy atom. The fourth-order valence-corrected chi connectivity index (χ4v) is 2.27. The van der Waals surface area contributed by atoms with Crippen LogP contribution < -0.4 is 5.32 Å². The van der Waals surface area contributed by atoms with Gasteiger partial charge in [0, 0.05) is 17.0 Å². The Kier molecular flexibility index (Phi) is 5.85. The lowest BCUT2D eigenvalue weighted by molar-refractivity contribution is 0.0949. The van der Waals surface area contributed by atoms with Crippen LogP contribution in [0.2, 0.25) is 0 Å². The maximum absolute atomic E-state index is 13.0. The average molecular weight is 273 g/mol. The summed E-state index contributed by atoms with van der Waals surface area (Å²) in [6.07, 6.45) is 2.03. The molecular formula is C12H16FNOS2. The molecule has 1 rings (SSSR count). The van der Waals surface area contributed by atoms with Gasteiger partial charge in [0.05, 0.1) is 0 Å². The number of amides is 1. The Bertz CT molecular complexity index is 398. The van der Waals surface area contributed by atoms with Crippen LogP contribution in [0, 0.1) is 11.7 Å². The molecule has 0 aromatic heterocycles. The van der Waals surface area contributed by atoms with E-state index in [2.05, 4.69) is 24.9 Å². The Balaban J connectivity index is 2.55. The number of rotatable bonds is 5. The number of thiol groups is 1. The maximum Gasteiger partial charge on any atom is 0.251 e. The van der Waals surface area contributed by atoms with Gasteiger partial charge in [-0.15, -0.1) is 12.6 Å². The van der Waals surface area contributed by atoms with E-state index < -0.39 is 5.82 Å². The van der Waals surface area contributed by atoms with Crippen molar-refractivity contribution in [2.24, 2.45) is 5.92 Å². The third kappa shape index (κ3) is 4.60. The van der Waals surface area contributed by atoms with Gasteiger partial charge < -0.3 is 5.32 Å². The van der Waals surface area contributed by atoms with E-state index in [0.29, 0.717) is 18.0 Å². The molecule has 0 saturated heterocycles. The summed E-state index contributed by atoms with van der Waals surface area (Å²) in [4.78, 5) is 11.9. The van der Waals surface area contributed by atoms with Crippen LogP contribution in [0.5, 0.6) is 0 Å². The Hall–Kier alpha value is -0.680. The zero-order chi connectivity index (χ0) is 12.8. The molecule has 1 aromatic rings. The van der Waals surface area contributed by atoms with Gasteiger partial charge in [-0.1, -0.05) is 6.92 Å². The van der Waals surface area contributed by atoms with Gasteiger partial charge in [-0.25, -0.2) is 4.39 Å². The average Bonchev–Trinajstić information content (AvgIpc) is 2.30. The van der Waals surface area contributed by atoms with Crippen molar-refractivity contribution in [2.45, 2.75) is 11.8 Å². The molecular weight excluding hydrogens is 257 g/mol. The molecule has 0 aliphatic heterocycles. The number of carbonyl (C=O) groups excluding carboxylic acids is 1. The maximum atomic E-state index is 13.0. The van der Waals surface area contributed by atoms with Crippen LogP contribution in [-0.2, 0) is 0 Å². The number of carbonyl (C=O) groups is 1. The van der Waals surface area contributed by atoms with Crippen molar-refractivity contribution in [1.29, 1.82) is 0 Å². The lowest BCUT2D eigenvalue weighted by Crippen LogP contribution is -2.29. The number of thioether (sulfide) groups is 1. The number of nitrogens with one attached hydrogen (secondary N) is 1. The van der Waals surface area contributed by atoms with Crippen LogP contribution >= 0.6 is 24.4 Å². The number of benzene rings is 1. The summed E-state index contributed by atoms with van der Waals surface area (Å²) in [6.45, 7) is 2.70. The van der Waals surface area contributed by atoms with E-state index in [9.17, 15) is 9.18 Å². The number of halogens is 1. The lowest BCUT2D eigenvalue weighted by atomic mass is 10.2. The Morgan fingerprint density at radius 1 is 1.59 bits per heavy atom. The van der Waals surface area contributed by atoms with Crippen LogP contribution in [-0.4, -0.2) is 24.5 Å². The van der Waals surface area contributed by atoms with E-state index >= 15 is 0 Å². The fraction of sp³-hybridized carbons (Fsp3) is 0.417. The largest absolute Gasteiger partial charge is 0.352 e. The predicted octanol–water partition coefficient (Wildman–Crippen LogP) is 2.84. The third-order valence-corrected chi connectivity index (χ3v) is 3.52. The minimum atomic E-state index is -0.416. The smallest absolute Gasteiger partial charge is 0.251 e. The van der Waals surface area contributed by atoms with Crippen molar-refractivity contribution in [2.75, 3.05) is 18.6 Å². The first-order chi connectivity index (χ1) is 8.04. The van der Waals surface area contributed by atoms with E-state index in [4.69, 9.17) is 0 Å². The highest BCUT2D eigenvalue weighted by Crippen LogP contribution is 2.14. The van der Waals surface area contributed by atoms with E-state index in [0.717, 1.165) is 5.75 Å². The van der Waals surface area contributed by atoms with Gasteiger partial charge in [0.25, 0.3) is 5.91 Å². The van der Waals surface area contributed by atoms with Crippen LogP contribution in [0.1, 0.15) is 17.3 Å². The van der Waals surface area contributed by atoms with Gasteiger partial charge >= 0.3 is 0 Å². The second-order valence-corrected chi connectivity index (χ2v) is 5.33. The summed E-state index contributed by atoms with van der Waals surface area (Å²) in [7, 11) is 0. The number of hydrogen-bond donors (Lipinski definition) is 2. The molecule has 94 valence electrons. The summed E-state index contributed by atoms with van der Waals surface area (Å²) < 4.78 is 13.0. The fourth-order valence-electron chi connectivity index (χ4n) is 1.37. The molecule has 0 saturated carbocycles. The molecule has 0 aliphatic carbocycles. The van der Waals surface area contributed by atoms with Crippen LogP contribution in [0.4, 0.5) is 4.39 Å². The first kappa shape index (κ1) is 14.4. The van der Waals surface area contributed by atoms with E-state index in [1.165, 1.54) is 18.2 Å². The number of hydrogen-bond acceptors (Lipinski definition) is 3. The van der Waals surface area contributed by atoms with Gasteiger partial charge in [0.1, 0.15) is 5.82 Å². The highest BCUT2D eigenvalue weighted by atomic mass is 32.2. The molecule has 0 aliphatic rings. The molecule has 0 fully saturated rings. The minimum Gasteiger partial charge on any atom is -0.352 e. The zero-order valence-corrected chi connectivity index (χ0v) is 11.6. The summed E-state index contributed by atoms with van der Waals surface area (Å²) in [5.41, 5.74) is 0.438. The van der Waals surface area contributed by atoms with Crippen LogP contribution in [0.3, 0.4) is 0 Å². The van der Waals surface area contributed by atoms with Gasteiger partial charge in [0.2, 0.25) is 0 Å². The van der Waals surface area contributed by atoms with Crippen molar-refractivity contribution in [3.05, 3.63) is 29.6 Å². The molecule has 1 aromatic carbocycles. The molecule has 1 unspecified atom stereocenters. The molecule has 1 amide bonds.